The van der Waals surface area contributed by atoms with Crippen LogP contribution in [0.15, 0.2) is 52.2 Å². The molecule has 1 saturated heterocycles. The van der Waals surface area contributed by atoms with Crippen molar-refractivity contribution in [2.45, 2.75) is 43.0 Å². The second-order valence-electron chi connectivity index (χ2n) is 9.06. The Balaban J connectivity index is 1.46. The first-order valence-corrected chi connectivity index (χ1v) is 15.7. The van der Waals surface area contributed by atoms with Crippen molar-refractivity contribution in [2.75, 3.05) is 37.2 Å². The molecule has 1 atom stereocenters. The third kappa shape index (κ3) is 5.62. The molecule has 2 N–H and O–H groups in total. The summed E-state index contributed by atoms with van der Waals surface area (Å²) in [6, 6.07) is 11.3. The van der Waals surface area contributed by atoms with Crippen molar-refractivity contribution < 1.29 is 18.3 Å². The number of para-hydroxylation sites is 1. The number of fused-ring (bicyclic) bond motifs is 1. The third-order valence-corrected chi connectivity index (χ3v) is 10.9. The lowest BCUT2D eigenvalue weighted by molar-refractivity contribution is 0.0849. The maximum atomic E-state index is 13.6. The van der Waals surface area contributed by atoms with Gasteiger partial charge < -0.3 is 14.8 Å². The van der Waals surface area contributed by atoms with Crippen LogP contribution in [0.25, 0.3) is 21.6 Å². The van der Waals surface area contributed by atoms with Gasteiger partial charge in [0.2, 0.25) is 0 Å². The summed E-state index contributed by atoms with van der Waals surface area (Å²) in [5, 5.41) is 13.3. The van der Waals surface area contributed by atoms with Gasteiger partial charge >= 0.3 is 0 Å². The van der Waals surface area contributed by atoms with Gasteiger partial charge in [-0.25, -0.2) is 13.4 Å². The molecule has 3 aromatic heterocycles. The number of H-pyrrole nitrogens is 1. The van der Waals surface area contributed by atoms with Crippen molar-refractivity contribution in [1.29, 1.82) is 0 Å². The number of nitrogens with zero attached hydrogens (tertiary/aromatic N) is 3. The van der Waals surface area contributed by atoms with Gasteiger partial charge in [0.15, 0.2) is 0 Å². The van der Waals surface area contributed by atoms with E-state index >= 15 is 0 Å². The quantitative estimate of drug-likeness (QED) is 0.252. The summed E-state index contributed by atoms with van der Waals surface area (Å²) in [7, 11) is -3.75. The van der Waals surface area contributed by atoms with Crippen LogP contribution in [0.1, 0.15) is 31.1 Å². The van der Waals surface area contributed by atoms with Crippen LogP contribution in [0.2, 0.25) is 0 Å². The van der Waals surface area contributed by atoms with E-state index in [0.29, 0.717) is 23.1 Å². The number of hydrogen-bond acceptors (Lipinski definition) is 8. The summed E-state index contributed by atoms with van der Waals surface area (Å²) < 4.78 is 34.4. The van der Waals surface area contributed by atoms with Crippen LogP contribution in [0.4, 0.5) is 5.69 Å². The van der Waals surface area contributed by atoms with Gasteiger partial charge in [0.05, 0.1) is 36.7 Å². The number of likely N-dealkylation sites (tertiary alicyclic amines) is 1. The highest BCUT2D eigenvalue weighted by molar-refractivity contribution is 7.94. The molecule has 198 valence electrons. The van der Waals surface area contributed by atoms with Crippen molar-refractivity contribution >= 4 is 49.3 Å². The molecule has 1 unspecified atom stereocenters. The molecule has 1 aromatic carbocycles. The predicted octanol–water partition coefficient (Wildman–Crippen LogP) is 4.93. The average Bonchev–Trinajstić information content (AvgIpc) is 3.67. The minimum Gasteiger partial charge on any atom is -0.395 e. The van der Waals surface area contributed by atoms with E-state index in [2.05, 4.69) is 14.9 Å². The number of aliphatic hydroxyl groups is 1. The van der Waals surface area contributed by atoms with Crippen molar-refractivity contribution in [3.8, 4) is 10.7 Å². The molecule has 37 heavy (non-hydrogen) atoms. The number of thiophene rings is 1. The number of rotatable bonds is 11. The summed E-state index contributed by atoms with van der Waals surface area (Å²) in [4.78, 5) is 11.6. The molecule has 11 heteroatoms. The molecule has 1 aliphatic rings. The molecule has 0 saturated carbocycles. The number of hydrogen-bond donors (Lipinski definition) is 2. The number of aromatic nitrogens is 2. The molecule has 0 bridgehead atoms. The minimum absolute atomic E-state index is 0.185. The fourth-order valence-electron chi connectivity index (χ4n) is 4.82. The van der Waals surface area contributed by atoms with Gasteiger partial charge in [-0.2, -0.15) is 0 Å². The molecule has 0 amide bonds. The Morgan fingerprint density at radius 1 is 1.27 bits per heavy atom. The second kappa shape index (κ2) is 11.6. The van der Waals surface area contributed by atoms with E-state index in [-0.39, 0.29) is 19.2 Å². The minimum atomic E-state index is -3.75. The monoisotopic (exact) mass is 560 g/mol. The lowest BCUT2D eigenvalue weighted by Gasteiger charge is -2.34. The molecular formula is C26H32N4O4S3. The topological polar surface area (TPSA) is 98.8 Å². The van der Waals surface area contributed by atoms with Gasteiger partial charge in [0, 0.05) is 35.7 Å². The highest BCUT2D eigenvalue weighted by Gasteiger charge is 2.28. The van der Waals surface area contributed by atoms with Crippen LogP contribution in [0.5, 0.6) is 0 Å². The Morgan fingerprint density at radius 3 is 2.95 bits per heavy atom. The number of thiazole rings is 1. The van der Waals surface area contributed by atoms with E-state index in [9.17, 15) is 13.5 Å². The number of aromatic amines is 1. The maximum Gasteiger partial charge on any atom is 0.273 e. The molecule has 4 aromatic rings. The van der Waals surface area contributed by atoms with Gasteiger partial charge in [0.25, 0.3) is 10.0 Å². The number of anilines is 1. The number of aliphatic hydroxyl groups excluding tert-OH is 1. The third-order valence-electron chi connectivity index (χ3n) is 6.69. The van der Waals surface area contributed by atoms with Crippen LogP contribution in [0, 0.1) is 0 Å². The van der Waals surface area contributed by atoms with E-state index in [1.807, 2.05) is 37.4 Å². The second-order valence-corrected chi connectivity index (χ2v) is 13.2. The van der Waals surface area contributed by atoms with Gasteiger partial charge in [0.1, 0.15) is 9.22 Å². The molecule has 1 fully saturated rings. The summed E-state index contributed by atoms with van der Waals surface area (Å²) >= 11 is 2.84. The number of piperidine rings is 1. The van der Waals surface area contributed by atoms with Crippen LogP contribution in [-0.4, -0.2) is 67.3 Å². The Bertz CT molecular complexity index is 1410. The number of nitrogens with one attached hydrogen (secondary N) is 1. The van der Waals surface area contributed by atoms with Crippen molar-refractivity contribution in [3.05, 3.63) is 52.9 Å². The van der Waals surface area contributed by atoms with Gasteiger partial charge in [-0.05, 0) is 49.9 Å². The lowest BCUT2D eigenvalue weighted by Crippen LogP contribution is -2.40. The van der Waals surface area contributed by atoms with E-state index in [1.165, 1.54) is 15.6 Å². The largest absolute Gasteiger partial charge is 0.395 e. The zero-order valence-corrected chi connectivity index (χ0v) is 23.2. The van der Waals surface area contributed by atoms with E-state index in [1.54, 1.807) is 28.8 Å². The number of ether oxygens (including phenoxy) is 1. The van der Waals surface area contributed by atoms with Crippen LogP contribution < -0.4 is 4.31 Å². The molecule has 5 rings (SSSR count). The Hall–Kier alpha value is -2.28. The molecule has 8 nitrogen and oxygen atoms in total. The maximum absolute atomic E-state index is 13.6. The Labute approximate surface area is 225 Å². The first-order chi connectivity index (χ1) is 18.0. The number of sulfonamides is 1. The molecular weight excluding hydrogens is 529 g/mol. The number of benzene rings is 1. The standard InChI is InChI=1S/C26H32N4O4S3/c1-2-34-13-12-30(37(32,33)24-10-6-14-35-24)23-9-5-7-19-15-22(28-25(19)23)26-27-16-21(36-26)17-29-11-4-3-8-20(29)18-31/h5-7,9-10,14-16,20,28,31H,2-4,8,11-13,17-18H2,1H3. The first-order valence-electron chi connectivity index (χ1n) is 12.6. The van der Waals surface area contributed by atoms with Crippen LogP contribution >= 0.6 is 22.7 Å². The van der Waals surface area contributed by atoms with Crippen LogP contribution in [-0.2, 0) is 21.3 Å². The van der Waals surface area contributed by atoms with Crippen molar-refractivity contribution in [3.63, 3.8) is 0 Å². The van der Waals surface area contributed by atoms with Gasteiger partial charge in [-0.15, -0.1) is 22.7 Å². The van der Waals surface area contributed by atoms with Crippen molar-refractivity contribution in [2.24, 2.45) is 0 Å². The Morgan fingerprint density at radius 2 is 2.16 bits per heavy atom. The summed E-state index contributed by atoms with van der Waals surface area (Å²) in [5.41, 5.74) is 2.20. The zero-order chi connectivity index (χ0) is 25.8. The average molecular weight is 561 g/mol. The molecule has 0 aliphatic carbocycles. The smallest absolute Gasteiger partial charge is 0.273 e. The van der Waals surface area contributed by atoms with Gasteiger partial charge in [-0.3, -0.25) is 9.21 Å². The fraction of sp³-hybridized carbons (Fsp3) is 0.423. The highest BCUT2D eigenvalue weighted by Crippen LogP contribution is 2.36. The van der Waals surface area contributed by atoms with Gasteiger partial charge in [-0.1, -0.05) is 24.6 Å². The van der Waals surface area contributed by atoms with E-state index in [4.69, 9.17) is 4.74 Å². The fourth-order valence-corrected chi connectivity index (χ4v) is 8.30. The summed E-state index contributed by atoms with van der Waals surface area (Å²) in [5.74, 6) is 0. The summed E-state index contributed by atoms with van der Waals surface area (Å²) in [6.45, 7) is 4.88. The molecule has 0 radical (unpaired) electrons. The zero-order valence-electron chi connectivity index (χ0n) is 20.8. The first kappa shape index (κ1) is 26.3. The summed E-state index contributed by atoms with van der Waals surface area (Å²) in [6.07, 6.45) is 5.25. The lowest BCUT2D eigenvalue weighted by atomic mass is 10.0. The highest BCUT2D eigenvalue weighted by atomic mass is 32.2. The van der Waals surface area contributed by atoms with Crippen LogP contribution in [0.3, 0.4) is 0 Å². The van der Waals surface area contributed by atoms with E-state index < -0.39 is 10.0 Å². The Kier molecular flexibility index (Phi) is 8.28. The van der Waals surface area contributed by atoms with E-state index in [0.717, 1.165) is 58.8 Å². The van der Waals surface area contributed by atoms with Crippen molar-refractivity contribution in [1.82, 2.24) is 14.9 Å². The molecule has 0 spiro atoms. The molecule has 4 heterocycles. The SMILES string of the molecule is CCOCCN(c1cccc2cc(-c3ncc(CN4CCCCC4CO)s3)[nH]c12)S(=O)(=O)c1cccs1. The predicted molar refractivity (Wildman–Crippen MR) is 150 cm³/mol. The normalized spacial score (nSPS) is 17.0. The molecule has 1 aliphatic heterocycles.